The second kappa shape index (κ2) is 6.15. The molecule has 1 saturated heterocycles. The molecule has 0 radical (unpaired) electrons. The third-order valence-electron chi connectivity index (χ3n) is 3.21. The highest BCUT2D eigenvalue weighted by molar-refractivity contribution is 6.29. The number of anilines is 4. The minimum atomic E-state index is 0.315. The van der Waals surface area contributed by atoms with Gasteiger partial charge in [0.05, 0.1) is 13.2 Å². The van der Waals surface area contributed by atoms with Crippen LogP contribution < -0.4 is 16.0 Å². The van der Waals surface area contributed by atoms with Gasteiger partial charge in [0.1, 0.15) is 11.0 Å². The van der Waals surface area contributed by atoms with Crippen molar-refractivity contribution in [2.24, 2.45) is 0 Å². The van der Waals surface area contributed by atoms with Crippen LogP contribution in [0.4, 0.5) is 23.1 Å². The van der Waals surface area contributed by atoms with Crippen LogP contribution in [0.1, 0.15) is 0 Å². The summed E-state index contributed by atoms with van der Waals surface area (Å²) < 4.78 is 5.35. The van der Waals surface area contributed by atoms with Crippen molar-refractivity contribution in [1.82, 2.24) is 9.97 Å². The Hall–Kier alpha value is -2.05. The Bertz CT molecular complexity index is 593. The van der Waals surface area contributed by atoms with Gasteiger partial charge in [-0.05, 0) is 24.3 Å². The van der Waals surface area contributed by atoms with Crippen molar-refractivity contribution < 1.29 is 4.74 Å². The molecule has 0 amide bonds. The van der Waals surface area contributed by atoms with E-state index in [2.05, 4.69) is 32.3 Å². The molecule has 1 aromatic carbocycles. The second-order valence-electron chi connectivity index (χ2n) is 4.71. The van der Waals surface area contributed by atoms with Crippen molar-refractivity contribution >= 4 is 34.7 Å². The summed E-state index contributed by atoms with van der Waals surface area (Å²) in [4.78, 5) is 10.5. The normalized spacial score (nSPS) is 15.0. The molecule has 7 heteroatoms. The van der Waals surface area contributed by atoms with Gasteiger partial charge in [-0.3, -0.25) is 0 Å². The molecule has 2 aromatic rings. The average Bonchev–Trinajstić information content (AvgIpc) is 2.48. The van der Waals surface area contributed by atoms with Gasteiger partial charge < -0.3 is 20.7 Å². The van der Waals surface area contributed by atoms with E-state index in [1.165, 1.54) is 11.8 Å². The number of halogens is 1. The van der Waals surface area contributed by atoms with Crippen molar-refractivity contribution in [2.45, 2.75) is 0 Å². The van der Waals surface area contributed by atoms with Crippen molar-refractivity contribution in [1.29, 1.82) is 0 Å². The maximum Gasteiger partial charge on any atom is 0.230 e. The van der Waals surface area contributed by atoms with Crippen LogP contribution in [0.2, 0.25) is 5.15 Å². The molecule has 3 rings (SSSR count). The lowest BCUT2D eigenvalue weighted by molar-refractivity contribution is 0.122. The molecule has 1 aromatic heterocycles. The number of morpholine rings is 1. The van der Waals surface area contributed by atoms with Crippen LogP contribution >= 0.6 is 11.6 Å². The highest BCUT2D eigenvalue weighted by atomic mass is 35.5. The highest BCUT2D eigenvalue weighted by Gasteiger charge is 2.11. The van der Waals surface area contributed by atoms with Gasteiger partial charge in [0.25, 0.3) is 0 Å². The third kappa shape index (κ3) is 3.53. The monoisotopic (exact) mass is 305 g/mol. The SMILES string of the molecule is Nc1cc(Cl)nc(Nc2ccc(N3CCOCC3)cc2)n1. The third-order valence-corrected chi connectivity index (χ3v) is 3.41. The minimum absolute atomic E-state index is 0.315. The molecular weight excluding hydrogens is 290 g/mol. The van der Waals surface area contributed by atoms with E-state index >= 15 is 0 Å². The fourth-order valence-corrected chi connectivity index (χ4v) is 2.39. The van der Waals surface area contributed by atoms with Crippen LogP contribution in [0.5, 0.6) is 0 Å². The molecular formula is C14H16ClN5O. The number of nitrogens with zero attached hydrogens (tertiary/aromatic N) is 3. The first kappa shape index (κ1) is 13.9. The molecule has 0 spiro atoms. The standard InChI is InChI=1S/C14H16ClN5O/c15-12-9-13(16)19-14(18-12)17-10-1-3-11(4-2-10)20-5-7-21-8-6-20/h1-4,9H,5-8H2,(H3,16,17,18,19). The maximum absolute atomic E-state index is 5.85. The molecule has 1 aliphatic heterocycles. The fourth-order valence-electron chi connectivity index (χ4n) is 2.20. The summed E-state index contributed by atoms with van der Waals surface area (Å²) in [7, 11) is 0. The van der Waals surface area contributed by atoms with Gasteiger partial charge >= 0.3 is 0 Å². The molecule has 1 aliphatic rings. The van der Waals surface area contributed by atoms with Crippen LogP contribution in [0.25, 0.3) is 0 Å². The van der Waals surface area contributed by atoms with Gasteiger partial charge in [0.2, 0.25) is 5.95 Å². The van der Waals surface area contributed by atoms with E-state index in [1.54, 1.807) is 0 Å². The zero-order chi connectivity index (χ0) is 14.7. The predicted molar refractivity (Wildman–Crippen MR) is 84.2 cm³/mol. The largest absolute Gasteiger partial charge is 0.383 e. The van der Waals surface area contributed by atoms with Gasteiger partial charge in [-0.15, -0.1) is 0 Å². The summed E-state index contributed by atoms with van der Waals surface area (Å²) in [6.07, 6.45) is 0. The lowest BCUT2D eigenvalue weighted by atomic mass is 10.2. The highest BCUT2D eigenvalue weighted by Crippen LogP contribution is 2.21. The minimum Gasteiger partial charge on any atom is -0.383 e. The van der Waals surface area contributed by atoms with Crippen molar-refractivity contribution in [3.63, 3.8) is 0 Å². The number of hydrogen-bond acceptors (Lipinski definition) is 6. The number of nitrogens with two attached hydrogens (primary N) is 1. The number of aromatic nitrogens is 2. The Morgan fingerprint density at radius 2 is 1.86 bits per heavy atom. The van der Waals surface area contributed by atoms with E-state index in [0.29, 0.717) is 16.9 Å². The molecule has 21 heavy (non-hydrogen) atoms. The Morgan fingerprint density at radius 3 is 2.52 bits per heavy atom. The molecule has 0 atom stereocenters. The summed E-state index contributed by atoms with van der Waals surface area (Å²) in [6, 6.07) is 9.58. The number of hydrogen-bond donors (Lipinski definition) is 2. The van der Waals surface area contributed by atoms with Gasteiger partial charge in [-0.2, -0.15) is 4.98 Å². The van der Waals surface area contributed by atoms with Crippen LogP contribution in [-0.2, 0) is 4.74 Å². The Kier molecular flexibility index (Phi) is 4.08. The first-order chi connectivity index (χ1) is 10.2. The van der Waals surface area contributed by atoms with Crippen LogP contribution in [-0.4, -0.2) is 36.3 Å². The van der Waals surface area contributed by atoms with E-state index < -0.39 is 0 Å². The van der Waals surface area contributed by atoms with Gasteiger partial charge in [0, 0.05) is 30.5 Å². The quantitative estimate of drug-likeness (QED) is 0.847. The number of ether oxygens (including phenoxy) is 1. The summed E-state index contributed by atoms with van der Waals surface area (Å²) in [6.45, 7) is 3.38. The molecule has 110 valence electrons. The lowest BCUT2D eigenvalue weighted by Crippen LogP contribution is -2.36. The van der Waals surface area contributed by atoms with Gasteiger partial charge in [-0.25, -0.2) is 4.98 Å². The van der Waals surface area contributed by atoms with Crippen molar-refractivity contribution in [2.75, 3.05) is 42.3 Å². The molecule has 1 fully saturated rings. The first-order valence-electron chi connectivity index (χ1n) is 6.70. The van der Waals surface area contributed by atoms with E-state index in [0.717, 1.165) is 32.0 Å². The predicted octanol–water partition coefficient (Wildman–Crippen LogP) is 2.29. The van der Waals surface area contributed by atoms with E-state index in [4.69, 9.17) is 22.1 Å². The molecule has 6 nitrogen and oxygen atoms in total. The average molecular weight is 306 g/mol. The van der Waals surface area contributed by atoms with E-state index in [9.17, 15) is 0 Å². The zero-order valence-corrected chi connectivity index (χ0v) is 12.2. The van der Waals surface area contributed by atoms with Crippen LogP contribution in [0, 0.1) is 0 Å². The van der Waals surface area contributed by atoms with E-state index in [-0.39, 0.29) is 0 Å². The van der Waals surface area contributed by atoms with Crippen molar-refractivity contribution in [3.8, 4) is 0 Å². The smallest absolute Gasteiger partial charge is 0.230 e. The second-order valence-corrected chi connectivity index (χ2v) is 5.10. The number of benzene rings is 1. The summed E-state index contributed by atoms with van der Waals surface area (Å²) in [5.41, 5.74) is 7.70. The molecule has 3 N–H and O–H groups in total. The molecule has 0 aliphatic carbocycles. The van der Waals surface area contributed by atoms with Crippen LogP contribution in [0.15, 0.2) is 30.3 Å². The number of nitrogen functional groups attached to an aromatic ring is 1. The van der Waals surface area contributed by atoms with Gasteiger partial charge in [-0.1, -0.05) is 11.6 Å². The topological polar surface area (TPSA) is 76.3 Å². The zero-order valence-electron chi connectivity index (χ0n) is 11.4. The summed E-state index contributed by atoms with van der Waals surface area (Å²) in [5.74, 6) is 0.724. The maximum atomic E-state index is 5.85. The Labute approximate surface area is 127 Å². The first-order valence-corrected chi connectivity index (χ1v) is 7.08. The van der Waals surface area contributed by atoms with E-state index in [1.807, 2.05) is 12.1 Å². The molecule has 0 bridgehead atoms. The number of nitrogens with one attached hydrogen (secondary N) is 1. The number of rotatable bonds is 3. The molecule has 2 heterocycles. The summed E-state index contributed by atoms with van der Waals surface area (Å²) in [5, 5.41) is 3.40. The Morgan fingerprint density at radius 1 is 1.14 bits per heavy atom. The summed E-state index contributed by atoms with van der Waals surface area (Å²) >= 11 is 5.85. The molecule has 0 saturated carbocycles. The lowest BCUT2D eigenvalue weighted by Gasteiger charge is -2.28. The molecule has 0 unspecified atom stereocenters. The van der Waals surface area contributed by atoms with Crippen molar-refractivity contribution in [3.05, 3.63) is 35.5 Å². The fraction of sp³-hybridized carbons (Fsp3) is 0.286. The van der Waals surface area contributed by atoms with Gasteiger partial charge in [0.15, 0.2) is 0 Å². The Balaban J connectivity index is 1.71. The van der Waals surface area contributed by atoms with Crippen LogP contribution in [0.3, 0.4) is 0 Å².